The van der Waals surface area contributed by atoms with Gasteiger partial charge in [0.2, 0.25) is 0 Å². The number of Topliss-reactive ketones (excluding diaryl/α,β-unsaturated/α-hetero) is 1. The Labute approximate surface area is 89.5 Å². The molecule has 0 amide bonds. The van der Waals surface area contributed by atoms with Crippen LogP contribution in [0.25, 0.3) is 0 Å². The van der Waals surface area contributed by atoms with Gasteiger partial charge in [0, 0.05) is 5.92 Å². The topological polar surface area (TPSA) is 43.4 Å². The molecule has 82 valence electrons. The smallest absolute Gasteiger partial charge is 0.313 e. The van der Waals surface area contributed by atoms with Gasteiger partial charge in [0.15, 0.2) is 0 Å². The lowest BCUT2D eigenvalue weighted by molar-refractivity contribution is -0.146. The molecule has 2 rings (SSSR count). The first kappa shape index (κ1) is 10.4. The van der Waals surface area contributed by atoms with Crippen LogP contribution in [0.2, 0.25) is 0 Å². The molecular formula is C12H16O3. The second-order valence-corrected chi connectivity index (χ2v) is 4.33. The van der Waals surface area contributed by atoms with Crippen molar-refractivity contribution in [3.05, 3.63) is 12.2 Å². The Morgan fingerprint density at radius 2 is 2.13 bits per heavy atom. The molecule has 0 radical (unpaired) electrons. The number of esters is 1. The van der Waals surface area contributed by atoms with E-state index in [1.165, 1.54) is 0 Å². The maximum atomic E-state index is 11.8. The fourth-order valence-electron chi connectivity index (χ4n) is 2.64. The molecular weight excluding hydrogens is 192 g/mol. The number of ether oxygens (including phenoxy) is 1. The zero-order valence-corrected chi connectivity index (χ0v) is 8.94. The van der Waals surface area contributed by atoms with Gasteiger partial charge >= 0.3 is 5.97 Å². The van der Waals surface area contributed by atoms with E-state index in [1.807, 2.05) is 0 Å². The number of carbonyl (C=O) groups is 2. The Morgan fingerprint density at radius 3 is 2.67 bits per heavy atom. The Kier molecular flexibility index (Phi) is 2.89. The third-order valence-electron chi connectivity index (χ3n) is 3.32. The second-order valence-electron chi connectivity index (χ2n) is 4.33. The van der Waals surface area contributed by atoms with Crippen molar-refractivity contribution in [3.63, 3.8) is 0 Å². The van der Waals surface area contributed by atoms with Crippen LogP contribution in [-0.4, -0.2) is 18.4 Å². The minimum atomic E-state index is -0.380. The predicted molar refractivity (Wildman–Crippen MR) is 55.1 cm³/mol. The normalized spacial score (nSPS) is 31.9. The molecule has 3 unspecified atom stereocenters. The minimum absolute atomic E-state index is 0.0461. The van der Waals surface area contributed by atoms with Gasteiger partial charge in [-0.1, -0.05) is 12.2 Å². The summed E-state index contributed by atoms with van der Waals surface area (Å²) >= 11 is 0. The number of ketones is 1. The van der Waals surface area contributed by atoms with Gasteiger partial charge in [-0.05, 0) is 31.6 Å². The van der Waals surface area contributed by atoms with Crippen LogP contribution in [-0.2, 0) is 14.3 Å². The van der Waals surface area contributed by atoms with Crippen molar-refractivity contribution >= 4 is 11.8 Å². The van der Waals surface area contributed by atoms with Crippen LogP contribution < -0.4 is 0 Å². The molecule has 0 aliphatic heterocycles. The maximum Gasteiger partial charge on any atom is 0.313 e. The molecule has 3 atom stereocenters. The molecule has 1 saturated carbocycles. The third kappa shape index (κ3) is 2.11. The predicted octanol–water partition coefficient (Wildman–Crippen LogP) is 1.72. The van der Waals surface area contributed by atoms with E-state index in [9.17, 15) is 9.59 Å². The van der Waals surface area contributed by atoms with Crippen molar-refractivity contribution in [3.8, 4) is 0 Å². The number of carbonyl (C=O) groups excluding carboxylic acids is 2. The zero-order chi connectivity index (χ0) is 10.8. The van der Waals surface area contributed by atoms with Crippen molar-refractivity contribution < 1.29 is 14.3 Å². The van der Waals surface area contributed by atoms with Crippen LogP contribution in [0.5, 0.6) is 0 Å². The molecule has 0 heterocycles. The summed E-state index contributed by atoms with van der Waals surface area (Å²) in [6.45, 7) is 2.10. The van der Waals surface area contributed by atoms with E-state index in [0.717, 1.165) is 12.8 Å². The standard InChI is InChI=1S/C12H16O3/c1-2-15-12(14)7-11(13)10-6-8-3-4-9(10)5-8/h3-4,8-10H,2,5-7H2,1H3. The average molecular weight is 208 g/mol. The molecule has 0 aromatic rings. The first-order chi connectivity index (χ1) is 7.20. The first-order valence-electron chi connectivity index (χ1n) is 5.57. The Balaban J connectivity index is 1.87. The minimum Gasteiger partial charge on any atom is -0.466 e. The van der Waals surface area contributed by atoms with Gasteiger partial charge in [-0.2, -0.15) is 0 Å². The number of hydrogen-bond acceptors (Lipinski definition) is 3. The lowest BCUT2D eigenvalue weighted by Crippen LogP contribution is -2.22. The van der Waals surface area contributed by atoms with E-state index in [0.29, 0.717) is 18.4 Å². The first-order valence-corrected chi connectivity index (χ1v) is 5.57. The fraction of sp³-hybridized carbons (Fsp3) is 0.667. The molecule has 3 heteroatoms. The van der Waals surface area contributed by atoms with Crippen LogP contribution in [0, 0.1) is 17.8 Å². The number of hydrogen-bond donors (Lipinski definition) is 0. The van der Waals surface area contributed by atoms with Gasteiger partial charge in [0.25, 0.3) is 0 Å². The molecule has 0 N–H and O–H groups in total. The quantitative estimate of drug-likeness (QED) is 0.401. The van der Waals surface area contributed by atoms with Gasteiger partial charge < -0.3 is 4.74 Å². The van der Waals surface area contributed by atoms with E-state index < -0.39 is 0 Å². The summed E-state index contributed by atoms with van der Waals surface area (Å²) in [6, 6.07) is 0. The number of rotatable bonds is 4. The molecule has 0 aromatic heterocycles. The molecule has 0 spiro atoms. The summed E-state index contributed by atoms with van der Waals surface area (Å²) in [5.74, 6) is 0.715. The van der Waals surface area contributed by atoms with Gasteiger partial charge in [-0.3, -0.25) is 9.59 Å². The highest BCUT2D eigenvalue weighted by Gasteiger charge is 2.39. The number of allylic oxidation sites excluding steroid dienone is 2. The molecule has 0 saturated heterocycles. The van der Waals surface area contributed by atoms with E-state index in [2.05, 4.69) is 12.2 Å². The summed E-state index contributed by atoms with van der Waals surface area (Å²) in [6.07, 6.45) is 6.30. The summed E-state index contributed by atoms with van der Waals surface area (Å²) in [7, 11) is 0. The van der Waals surface area contributed by atoms with Crippen molar-refractivity contribution in [1.29, 1.82) is 0 Å². The van der Waals surface area contributed by atoms with E-state index in [-0.39, 0.29) is 24.1 Å². The summed E-state index contributed by atoms with van der Waals surface area (Å²) in [5.41, 5.74) is 0. The van der Waals surface area contributed by atoms with Gasteiger partial charge in [0.1, 0.15) is 12.2 Å². The van der Waals surface area contributed by atoms with Crippen LogP contribution in [0.15, 0.2) is 12.2 Å². The zero-order valence-electron chi connectivity index (χ0n) is 8.94. The largest absolute Gasteiger partial charge is 0.466 e. The lowest BCUT2D eigenvalue weighted by atomic mass is 9.88. The lowest BCUT2D eigenvalue weighted by Gasteiger charge is -2.15. The fourth-order valence-corrected chi connectivity index (χ4v) is 2.64. The van der Waals surface area contributed by atoms with Crippen LogP contribution in [0.1, 0.15) is 26.2 Å². The average Bonchev–Trinajstić information content (AvgIpc) is 2.78. The van der Waals surface area contributed by atoms with Crippen LogP contribution >= 0.6 is 0 Å². The summed E-state index contributed by atoms with van der Waals surface area (Å²) < 4.78 is 4.77. The van der Waals surface area contributed by atoms with Crippen LogP contribution in [0.4, 0.5) is 0 Å². The van der Waals surface area contributed by atoms with E-state index in [1.54, 1.807) is 6.92 Å². The van der Waals surface area contributed by atoms with E-state index >= 15 is 0 Å². The second kappa shape index (κ2) is 4.17. The number of fused-ring (bicyclic) bond motifs is 2. The van der Waals surface area contributed by atoms with Crippen molar-refractivity contribution in [2.45, 2.75) is 26.2 Å². The van der Waals surface area contributed by atoms with E-state index in [4.69, 9.17) is 4.74 Å². The highest BCUT2D eigenvalue weighted by atomic mass is 16.5. The van der Waals surface area contributed by atoms with Gasteiger partial charge in [-0.25, -0.2) is 0 Å². The van der Waals surface area contributed by atoms with Crippen molar-refractivity contribution in [2.75, 3.05) is 6.61 Å². The third-order valence-corrected chi connectivity index (χ3v) is 3.32. The molecule has 3 nitrogen and oxygen atoms in total. The highest BCUT2D eigenvalue weighted by molar-refractivity contribution is 5.97. The van der Waals surface area contributed by atoms with Crippen molar-refractivity contribution in [1.82, 2.24) is 0 Å². The molecule has 2 bridgehead atoms. The monoisotopic (exact) mass is 208 g/mol. The Hall–Kier alpha value is -1.12. The SMILES string of the molecule is CCOC(=O)CC(=O)C1CC2C=CC1C2. The highest BCUT2D eigenvalue weighted by Crippen LogP contribution is 2.44. The maximum absolute atomic E-state index is 11.8. The van der Waals surface area contributed by atoms with Crippen LogP contribution in [0.3, 0.4) is 0 Å². The molecule has 1 fully saturated rings. The Morgan fingerprint density at radius 1 is 1.33 bits per heavy atom. The molecule has 2 aliphatic carbocycles. The molecule has 2 aliphatic rings. The van der Waals surface area contributed by atoms with Gasteiger partial charge in [-0.15, -0.1) is 0 Å². The summed E-state index contributed by atoms with van der Waals surface area (Å²) in [4.78, 5) is 22.9. The van der Waals surface area contributed by atoms with Gasteiger partial charge in [0.05, 0.1) is 6.61 Å². The van der Waals surface area contributed by atoms with Crippen molar-refractivity contribution in [2.24, 2.45) is 17.8 Å². The summed E-state index contributed by atoms with van der Waals surface area (Å²) in [5, 5.41) is 0. The Bertz CT molecular complexity index is 306. The molecule has 0 aromatic carbocycles. The molecule has 15 heavy (non-hydrogen) atoms.